The van der Waals surface area contributed by atoms with Gasteiger partial charge < -0.3 is 0 Å². The van der Waals surface area contributed by atoms with E-state index in [9.17, 15) is 0 Å². The molecule has 0 bridgehead atoms. The first-order chi connectivity index (χ1) is 7.61. The summed E-state index contributed by atoms with van der Waals surface area (Å²) in [5.41, 5.74) is 3.69. The highest BCUT2D eigenvalue weighted by Crippen LogP contribution is 2.21. The van der Waals surface area contributed by atoms with Gasteiger partial charge in [0.1, 0.15) is 5.52 Å². The second kappa shape index (κ2) is 4.20. The van der Waals surface area contributed by atoms with Crippen LogP contribution >= 0.6 is 0 Å². The van der Waals surface area contributed by atoms with E-state index in [1.54, 1.807) is 0 Å². The summed E-state index contributed by atoms with van der Waals surface area (Å²) in [7, 11) is 0. The molecule has 84 valence electrons. The molecule has 0 radical (unpaired) electrons. The fraction of sp³-hybridized carbons (Fsp3) is 0.429. The highest BCUT2D eigenvalue weighted by Gasteiger charge is 2.15. The van der Waals surface area contributed by atoms with Gasteiger partial charge in [-0.3, -0.25) is 0 Å². The first-order valence-corrected chi connectivity index (χ1v) is 5.90. The third-order valence-electron chi connectivity index (χ3n) is 2.93. The molecule has 0 atom stereocenters. The van der Waals surface area contributed by atoms with Crippen molar-refractivity contribution in [2.75, 3.05) is 0 Å². The summed E-state index contributed by atoms with van der Waals surface area (Å²) in [6, 6.07) is 6.91. The molecule has 0 N–H and O–H groups in total. The summed E-state index contributed by atoms with van der Waals surface area (Å²) in [4.78, 5) is 4.52. The van der Waals surface area contributed by atoms with Gasteiger partial charge in [0.05, 0.1) is 6.20 Å². The third-order valence-corrected chi connectivity index (χ3v) is 2.93. The lowest BCUT2D eigenvalue weighted by molar-refractivity contribution is -0.691. The van der Waals surface area contributed by atoms with Crippen LogP contribution in [-0.2, 0) is 0 Å². The Bertz CT molecular complexity index is 454. The van der Waals surface area contributed by atoms with E-state index < -0.39 is 0 Å². The van der Waals surface area contributed by atoms with E-state index in [2.05, 4.69) is 61.6 Å². The van der Waals surface area contributed by atoms with Gasteiger partial charge in [0.15, 0.2) is 12.2 Å². The van der Waals surface area contributed by atoms with Gasteiger partial charge in [0.25, 0.3) is 0 Å². The number of rotatable bonds is 2. The first kappa shape index (κ1) is 11.1. The molecule has 0 aliphatic carbocycles. The molecule has 2 aromatic rings. The monoisotopic (exact) mass is 215 g/mol. The standard InChI is InChI=1S/C14H19N2/c1-10(2)12-6-5-7-13-14(12)15-8-9-16(13)11(3)4/h5-11H,1-4H3/q+1. The number of nitrogens with zero attached hydrogens (tertiary/aromatic N) is 2. The van der Waals surface area contributed by atoms with Crippen LogP contribution in [0.3, 0.4) is 0 Å². The Morgan fingerprint density at radius 1 is 1.12 bits per heavy atom. The van der Waals surface area contributed by atoms with Gasteiger partial charge in [-0.25, -0.2) is 4.98 Å². The number of hydrogen-bond acceptors (Lipinski definition) is 1. The minimum atomic E-state index is 0.466. The lowest BCUT2D eigenvalue weighted by Crippen LogP contribution is -2.36. The molecule has 0 unspecified atom stereocenters. The molecule has 16 heavy (non-hydrogen) atoms. The van der Waals surface area contributed by atoms with E-state index in [4.69, 9.17) is 0 Å². The van der Waals surface area contributed by atoms with Crippen LogP contribution in [0.4, 0.5) is 0 Å². The first-order valence-electron chi connectivity index (χ1n) is 5.90. The highest BCUT2D eigenvalue weighted by atomic mass is 15.0. The van der Waals surface area contributed by atoms with Crippen LogP contribution in [0, 0.1) is 0 Å². The predicted octanol–water partition coefficient (Wildman–Crippen LogP) is 3.23. The van der Waals surface area contributed by atoms with E-state index in [1.165, 1.54) is 11.1 Å². The van der Waals surface area contributed by atoms with Crippen molar-refractivity contribution in [1.29, 1.82) is 0 Å². The maximum absolute atomic E-state index is 4.52. The van der Waals surface area contributed by atoms with Crippen molar-refractivity contribution in [3.63, 3.8) is 0 Å². The highest BCUT2D eigenvalue weighted by molar-refractivity contribution is 5.75. The molecule has 0 amide bonds. The SMILES string of the molecule is CC(C)c1cccc2c1ncc[n+]2C(C)C. The molecule has 0 saturated carbocycles. The van der Waals surface area contributed by atoms with E-state index in [1.807, 2.05) is 6.20 Å². The molecule has 0 saturated heterocycles. The van der Waals surface area contributed by atoms with Gasteiger partial charge >= 0.3 is 0 Å². The molecular formula is C14H19N2+. The van der Waals surface area contributed by atoms with Gasteiger partial charge in [-0.15, -0.1) is 0 Å². The predicted molar refractivity (Wildman–Crippen MR) is 66.4 cm³/mol. The summed E-state index contributed by atoms with van der Waals surface area (Å²) < 4.78 is 2.27. The third kappa shape index (κ3) is 1.80. The minimum Gasteiger partial charge on any atom is -0.243 e. The topological polar surface area (TPSA) is 16.8 Å². The normalized spacial score (nSPS) is 11.6. The zero-order valence-corrected chi connectivity index (χ0v) is 10.4. The van der Waals surface area contributed by atoms with Crippen molar-refractivity contribution < 1.29 is 4.57 Å². The lowest BCUT2D eigenvalue weighted by Gasteiger charge is -2.09. The van der Waals surface area contributed by atoms with Gasteiger partial charge in [0, 0.05) is 6.07 Å². The van der Waals surface area contributed by atoms with Crippen LogP contribution in [0.25, 0.3) is 11.0 Å². The van der Waals surface area contributed by atoms with Crippen molar-refractivity contribution in [2.45, 2.75) is 39.7 Å². The average Bonchev–Trinajstić information content (AvgIpc) is 2.27. The number of hydrogen-bond donors (Lipinski definition) is 0. The molecule has 0 fully saturated rings. The van der Waals surface area contributed by atoms with Crippen LogP contribution in [0.5, 0.6) is 0 Å². The molecule has 0 spiro atoms. The summed E-state index contributed by atoms with van der Waals surface area (Å²) >= 11 is 0. The van der Waals surface area contributed by atoms with E-state index >= 15 is 0 Å². The Morgan fingerprint density at radius 3 is 2.50 bits per heavy atom. The summed E-state index contributed by atoms with van der Waals surface area (Å²) in [5, 5.41) is 0. The maximum atomic E-state index is 4.52. The van der Waals surface area contributed by atoms with Crippen LogP contribution in [0.1, 0.15) is 45.2 Å². The number of para-hydroxylation sites is 1. The molecule has 0 aliphatic heterocycles. The zero-order valence-electron chi connectivity index (χ0n) is 10.4. The molecule has 2 heteroatoms. The Labute approximate surface area is 97.0 Å². The van der Waals surface area contributed by atoms with Crippen molar-refractivity contribution in [3.8, 4) is 0 Å². The molecule has 1 heterocycles. The lowest BCUT2D eigenvalue weighted by atomic mass is 10.0. The Balaban J connectivity index is 2.76. The van der Waals surface area contributed by atoms with Crippen LogP contribution in [0.15, 0.2) is 30.6 Å². The van der Waals surface area contributed by atoms with Crippen molar-refractivity contribution in [2.24, 2.45) is 0 Å². The van der Waals surface area contributed by atoms with Crippen molar-refractivity contribution in [3.05, 3.63) is 36.2 Å². The van der Waals surface area contributed by atoms with Crippen LogP contribution < -0.4 is 4.57 Å². The fourth-order valence-corrected chi connectivity index (χ4v) is 2.07. The van der Waals surface area contributed by atoms with Gasteiger partial charge in [0.2, 0.25) is 5.52 Å². The summed E-state index contributed by atoms with van der Waals surface area (Å²) in [5.74, 6) is 0.513. The smallest absolute Gasteiger partial charge is 0.231 e. The molecule has 1 aromatic carbocycles. The van der Waals surface area contributed by atoms with Crippen LogP contribution in [-0.4, -0.2) is 4.98 Å². The fourth-order valence-electron chi connectivity index (χ4n) is 2.07. The van der Waals surface area contributed by atoms with Crippen molar-refractivity contribution >= 4 is 11.0 Å². The average molecular weight is 215 g/mol. The number of aromatic nitrogens is 2. The Morgan fingerprint density at radius 2 is 1.88 bits per heavy atom. The number of benzene rings is 1. The van der Waals surface area contributed by atoms with Gasteiger partial charge in [-0.05, 0) is 25.3 Å². The zero-order chi connectivity index (χ0) is 11.7. The van der Waals surface area contributed by atoms with Gasteiger partial charge in [-0.2, -0.15) is 4.57 Å². The quantitative estimate of drug-likeness (QED) is 0.703. The van der Waals surface area contributed by atoms with E-state index in [0.29, 0.717) is 12.0 Å². The summed E-state index contributed by atoms with van der Waals surface area (Å²) in [6.07, 6.45) is 3.95. The molecule has 2 rings (SSSR count). The number of fused-ring (bicyclic) bond motifs is 1. The summed E-state index contributed by atoms with van der Waals surface area (Å²) in [6.45, 7) is 8.81. The van der Waals surface area contributed by atoms with E-state index in [-0.39, 0.29) is 0 Å². The Kier molecular flexibility index (Phi) is 2.90. The second-order valence-electron chi connectivity index (χ2n) is 4.80. The molecule has 1 aromatic heterocycles. The Hall–Kier alpha value is -1.44. The second-order valence-corrected chi connectivity index (χ2v) is 4.80. The maximum Gasteiger partial charge on any atom is 0.231 e. The van der Waals surface area contributed by atoms with E-state index in [0.717, 1.165) is 5.52 Å². The van der Waals surface area contributed by atoms with Crippen molar-refractivity contribution in [1.82, 2.24) is 4.98 Å². The molecular weight excluding hydrogens is 196 g/mol. The molecule has 0 aliphatic rings. The van der Waals surface area contributed by atoms with Crippen LogP contribution in [0.2, 0.25) is 0 Å². The minimum absolute atomic E-state index is 0.466. The largest absolute Gasteiger partial charge is 0.243 e. The van der Waals surface area contributed by atoms with Gasteiger partial charge in [-0.1, -0.05) is 26.0 Å². The molecule has 2 nitrogen and oxygen atoms in total.